The largest absolute Gasteiger partial charge is 0.493 e. The zero-order valence-corrected chi connectivity index (χ0v) is 18.5. The van der Waals surface area contributed by atoms with Crippen molar-refractivity contribution >= 4 is 29.1 Å². The highest BCUT2D eigenvalue weighted by molar-refractivity contribution is 6.25. The van der Waals surface area contributed by atoms with E-state index >= 15 is 0 Å². The van der Waals surface area contributed by atoms with Gasteiger partial charge in [0.15, 0.2) is 17.0 Å². The third-order valence-corrected chi connectivity index (χ3v) is 5.96. The Balaban J connectivity index is 1.88. The van der Waals surface area contributed by atoms with Gasteiger partial charge in [-0.1, -0.05) is 32.0 Å². The van der Waals surface area contributed by atoms with Crippen LogP contribution in [0.25, 0.3) is 0 Å². The van der Waals surface area contributed by atoms with Crippen molar-refractivity contribution in [2.75, 3.05) is 19.1 Å². The molecular formula is C24H25N3O5. The Morgan fingerprint density at radius 2 is 1.69 bits per heavy atom. The highest BCUT2D eigenvalue weighted by Gasteiger charge is 2.61. The second-order valence-corrected chi connectivity index (χ2v) is 7.62. The van der Waals surface area contributed by atoms with Crippen LogP contribution in [0.5, 0.6) is 11.5 Å². The molecule has 0 aliphatic carbocycles. The van der Waals surface area contributed by atoms with E-state index in [-0.39, 0.29) is 31.1 Å². The lowest BCUT2D eigenvalue weighted by atomic mass is 9.84. The smallest absolute Gasteiger partial charge is 0.266 e. The van der Waals surface area contributed by atoms with Crippen LogP contribution in [-0.4, -0.2) is 42.7 Å². The average Bonchev–Trinajstić information content (AvgIpc) is 3.35. The number of ether oxygens (including phenoxy) is 2. The van der Waals surface area contributed by atoms with E-state index in [9.17, 15) is 14.4 Å². The van der Waals surface area contributed by atoms with Gasteiger partial charge >= 0.3 is 0 Å². The lowest BCUT2D eigenvalue weighted by Crippen LogP contribution is -2.52. The Bertz CT molecular complexity index is 1140. The van der Waals surface area contributed by atoms with Gasteiger partial charge in [0.25, 0.3) is 5.91 Å². The quantitative estimate of drug-likeness (QED) is 0.720. The van der Waals surface area contributed by atoms with Crippen LogP contribution in [0.1, 0.15) is 44.2 Å². The molecule has 3 amide bonds. The molecule has 0 N–H and O–H groups in total. The first kappa shape index (κ1) is 21.5. The number of amides is 3. The highest BCUT2D eigenvalue weighted by atomic mass is 16.5. The number of carbonyl (C=O) groups is 3. The molecule has 0 fully saturated rings. The van der Waals surface area contributed by atoms with Gasteiger partial charge in [-0.05, 0) is 24.3 Å². The average molecular weight is 435 g/mol. The Morgan fingerprint density at radius 1 is 1.00 bits per heavy atom. The summed E-state index contributed by atoms with van der Waals surface area (Å²) in [6, 6.07) is 12.4. The van der Waals surface area contributed by atoms with Crippen molar-refractivity contribution in [2.24, 2.45) is 5.10 Å². The summed E-state index contributed by atoms with van der Waals surface area (Å²) in [4.78, 5) is 40.7. The summed E-state index contributed by atoms with van der Waals surface area (Å²) < 4.78 is 10.7. The summed E-state index contributed by atoms with van der Waals surface area (Å²) in [7, 11) is 3.09. The molecule has 2 heterocycles. The SMILES string of the molecule is CCC(=O)N1C(=O)C2(CC(c3ccc(OC)c(OC)c3)=NN2C(=O)CC)c2ccccc21. The molecule has 1 atom stereocenters. The maximum absolute atomic E-state index is 13.8. The maximum Gasteiger partial charge on any atom is 0.266 e. The number of benzene rings is 2. The number of para-hydroxylation sites is 1. The fraction of sp³-hybridized carbons (Fsp3) is 0.333. The molecular weight excluding hydrogens is 410 g/mol. The number of hydrogen-bond acceptors (Lipinski definition) is 6. The summed E-state index contributed by atoms with van der Waals surface area (Å²) in [6.07, 6.45) is 0.487. The predicted octanol–water partition coefficient (Wildman–Crippen LogP) is 3.23. The molecule has 0 aromatic heterocycles. The molecule has 0 bridgehead atoms. The monoisotopic (exact) mass is 435 g/mol. The molecule has 1 unspecified atom stereocenters. The van der Waals surface area contributed by atoms with Gasteiger partial charge in [-0.3, -0.25) is 14.4 Å². The molecule has 0 radical (unpaired) electrons. The minimum Gasteiger partial charge on any atom is -0.493 e. The number of nitrogens with zero attached hydrogens (tertiary/aromatic N) is 3. The summed E-state index contributed by atoms with van der Waals surface area (Å²) in [5.41, 5.74) is 0.979. The predicted molar refractivity (Wildman–Crippen MR) is 119 cm³/mol. The lowest BCUT2D eigenvalue weighted by molar-refractivity contribution is -0.145. The number of hydrazone groups is 1. The molecule has 4 rings (SSSR count). The van der Waals surface area contributed by atoms with Crippen LogP contribution in [0.2, 0.25) is 0 Å². The molecule has 8 heteroatoms. The zero-order chi connectivity index (χ0) is 23.0. The number of fused-ring (bicyclic) bond motifs is 2. The van der Waals surface area contributed by atoms with E-state index in [0.717, 1.165) is 0 Å². The first-order chi connectivity index (χ1) is 15.4. The van der Waals surface area contributed by atoms with Gasteiger partial charge < -0.3 is 9.47 Å². The molecule has 2 aromatic rings. The highest BCUT2D eigenvalue weighted by Crippen LogP contribution is 2.50. The Hall–Kier alpha value is -3.68. The third-order valence-electron chi connectivity index (χ3n) is 5.96. The van der Waals surface area contributed by atoms with Gasteiger partial charge in [-0.15, -0.1) is 0 Å². The minimum absolute atomic E-state index is 0.150. The van der Waals surface area contributed by atoms with Gasteiger partial charge in [0.1, 0.15) is 0 Å². The van der Waals surface area contributed by atoms with Gasteiger partial charge in [0.05, 0.1) is 25.6 Å². The Morgan fingerprint density at radius 3 is 2.34 bits per heavy atom. The van der Waals surface area contributed by atoms with Crippen LogP contribution >= 0.6 is 0 Å². The fourth-order valence-corrected chi connectivity index (χ4v) is 4.36. The van der Waals surface area contributed by atoms with Crippen molar-refractivity contribution in [3.8, 4) is 11.5 Å². The molecule has 0 saturated heterocycles. The first-order valence-corrected chi connectivity index (χ1v) is 10.5. The van der Waals surface area contributed by atoms with E-state index < -0.39 is 11.4 Å². The van der Waals surface area contributed by atoms with Crippen LogP contribution in [0.15, 0.2) is 47.6 Å². The number of methoxy groups -OCH3 is 2. The second kappa shape index (κ2) is 8.11. The summed E-state index contributed by atoms with van der Waals surface area (Å²) >= 11 is 0. The fourth-order valence-electron chi connectivity index (χ4n) is 4.36. The zero-order valence-electron chi connectivity index (χ0n) is 18.5. The van der Waals surface area contributed by atoms with Crippen LogP contribution in [0.3, 0.4) is 0 Å². The Labute approximate surface area is 186 Å². The molecule has 2 aliphatic rings. The standard InChI is InChI=1S/C24H25N3O5/c1-5-21(28)26-18-10-8-7-9-16(18)24(23(26)30)14-17(25-27(24)22(29)6-2)15-11-12-19(31-3)20(13-15)32-4/h7-13H,5-6,14H2,1-4H3. The molecule has 8 nitrogen and oxygen atoms in total. The number of imide groups is 1. The number of hydrogen-bond donors (Lipinski definition) is 0. The van der Waals surface area contributed by atoms with Crippen LogP contribution in [-0.2, 0) is 19.9 Å². The van der Waals surface area contributed by atoms with Crippen molar-refractivity contribution in [3.63, 3.8) is 0 Å². The van der Waals surface area contributed by atoms with Gasteiger partial charge in [-0.25, -0.2) is 9.91 Å². The minimum atomic E-state index is -1.39. The van der Waals surface area contributed by atoms with E-state index in [1.165, 1.54) is 17.0 Å². The molecule has 2 aromatic carbocycles. The molecule has 1 spiro atoms. The second-order valence-electron chi connectivity index (χ2n) is 7.62. The summed E-state index contributed by atoms with van der Waals surface area (Å²) in [5, 5.41) is 5.88. The normalized spacial score (nSPS) is 19.2. The summed E-state index contributed by atoms with van der Waals surface area (Å²) in [6.45, 7) is 3.43. The lowest BCUT2D eigenvalue weighted by Gasteiger charge is -2.31. The van der Waals surface area contributed by atoms with Crippen molar-refractivity contribution < 1.29 is 23.9 Å². The maximum atomic E-state index is 13.8. The molecule has 32 heavy (non-hydrogen) atoms. The van der Waals surface area contributed by atoms with E-state index in [0.29, 0.717) is 34.0 Å². The van der Waals surface area contributed by atoms with Crippen molar-refractivity contribution in [2.45, 2.75) is 38.6 Å². The van der Waals surface area contributed by atoms with Crippen molar-refractivity contribution in [3.05, 3.63) is 53.6 Å². The van der Waals surface area contributed by atoms with E-state index in [4.69, 9.17) is 9.47 Å². The van der Waals surface area contributed by atoms with E-state index in [1.54, 1.807) is 57.4 Å². The van der Waals surface area contributed by atoms with Crippen LogP contribution < -0.4 is 14.4 Å². The number of rotatable bonds is 5. The molecule has 166 valence electrons. The van der Waals surface area contributed by atoms with Crippen molar-refractivity contribution in [1.82, 2.24) is 5.01 Å². The van der Waals surface area contributed by atoms with Gasteiger partial charge in [-0.2, -0.15) is 5.10 Å². The molecule has 0 saturated carbocycles. The number of carbonyl (C=O) groups excluding carboxylic acids is 3. The third kappa shape index (κ3) is 2.97. The van der Waals surface area contributed by atoms with E-state index in [1.807, 2.05) is 6.07 Å². The first-order valence-electron chi connectivity index (χ1n) is 10.5. The Kier molecular flexibility index (Phi) is 5.46. The number of anilines is 1. The van der Waals surface area contributed by atoms with Crippen LogP contribution in [0, 0.1) is 0 Å². The van der Waals surface area contributed by atoms with Gasteiger partial charge in [0, 0.05) is 30.4 Å². The van der Waals surface area contributed by atoms with Gasteiger partial charge in [0.2, 0.25) is 11.8 Å². The summed E-state index contributed by atoms with van der Waals surface area (Å²) in [5.74, 6) is 0.0137. The van der Waals surface area contributed by atoms with Crippen LogP contribution in [0.4, 0.5) is 5.69 Å². The van der Waals surface area contributed by atoms with Crippen molar-refractivity contribution in [1.29, 1.82) is 0 Å². The van der Waals surface area contributed by atoms with E-state index in [2.05, 4.69) is 5.10 Å². The topological polar surface area (TPSA) is 88.5 Å². The molecule has 2 aliphatic heterocycles.